The molecule has 56 valence electrons. The Kier molecular flexibility index (Phi) is 2.32. The summed E-state index contributed by atoms with van der Waals surface area (Å²) in [5, 5.41) is 4.91. The number of rotatable bonds is 2. The van der Waals surface area contributed by atoms with Gasteiger partial charge in [0.2, 0.25) is 5.88 Å². The van der Waals surface area contributed by atoms with E-state index in [0.29, 0.717) is 0 Å². The summed E-state index contributed by atoms with van der Waals surface area (Å²) in [5.74, 6) is 0.787. The Hall–Kier alpha value is -0.510. The van der Waals surface area contributed by atoms with E-state index in [1.165, 1.54) is 0 Å². The zero-order valence-corrected chi connectivity index (χ0v) is 7.55. The Balaban J connectivity index is 2.92. The Labute approximate surface area is 68.1 Å². The molecule has 0 unspecified atom stereocenters. The monoisotopic (exact) mass is 204 g/mol. The summed E-state index contributed by atoms with van der Waals surface area (Å²) in [5.41, 5.74) is 0.986. The number of ether oxygens (including phenoxy) is 1. The van der Waals surface area contributed by atoms with Crippen LogP contribution in [-0.2, 0) is 12.4 Å². The molecule has 1 aromatic heterocycles. The van der Waals surface area contributed by atoms with E-state index >= 15 is 0 Å². The normalized spacial score (nSPS) is 9.90. The lowest BCUT2D eigenvalue weighted by Crippen LogP contribution is -1.94. The molecule has 0 N–H and O–H groups in total. The Bertz CT molecular complexity index is 222. The summed E-state index contributed by atoms with van der Waals surface area (Å²) < 4.78 is 6.71. The van der Waals surface area contributed by atoms with Crippen LogP contribution in [0.4, 0.5) is 0 Å². The minimum atomic E-state index is 0.768. The third kappa shape index (κ3) is 1.31. The van der Waals surface area contributed by atoms with Gasteiger partial charge in [-0.25, -0.2) is 4.68 Å². The highest BCUT2D eigenvalue weighted by Gasteiger charge is 2.01. The number of hydrogen-bond acceptors (Lipinski definition) is 2. The third-order valence-electron chi connectivity index (χ3n) is 1.23. The van der Waals surface area contributed by atoms with Crippen LogP contribution < -0.4 is 4.74 Å². The SMILES string of the molecule is COc1cc(CBr)nn1C. The van der Waals surface area contributed by atoms with E-state index in [1.807, 2.05) is 13.1 Å². The fraction of sp³-hybridized carbons (Fsp3) is 0.500. The number of halogens is 1. The van der Waals surface area contributed by atoms with Gasteiger partial charge in [-0.3, -0.25) is 0 Å². The fourth-order valence-electron chi connectivity index (χ4n) is 0.763. The number of nitrogens with zero attached hydrogens (tertiary/aromatic N) is 2. The largest absolute Gasteiger partial charge is 0.481 e. The fourth-order valence-corrected chi connectivity index (χ4v) is 1.04. The van der Waals surface area contributed by atoms with Crippen molar-refractivity contribution in [3.8, 4) is 5.88 Å². The Morgan fingerprint density at radius 3 is 2.80 bits per heavy atom. The number of methoxy groups -OCH3 is 1. The van der Waals surface area contributed by atoms with Crippen molar-refractivity contribution >= 4 is 15.9 Å². The van der Waals surface area contributed by atoms with Crippen molar-refractivity contribution < 1.29 is 4.74 Å². The van der Waals surface area contributed by atoms with Gasteiger partial charge in [-0.05, 0) is 0 Å². The first-order chi connectivity index (χ1) is 4.77. The van der Waals surface area contributed by atoms with Gasteiger partial charge in [0.05, 0.1) is 12.8 Å². The van der Waals surface area contributed by atoms with Gasteiger partial charge < -0.3 is 4.74 Å². The molecular weight excluding hydrogens is 196 g/mol. The van der Waals surface area contributed by atoms with Gasteiger partial charge in [-0.2, -0.15) is 5.10 Å². The van der Waals surface area contributed by atoms with Gasteiger partial charge in [0.1, 0.15) is 0 Å². The number of aryl methyl sites for hydroxylation is 1. The summed E-state index contributed by atoms with van der Waals surface area (Å²) in [6.45, 7) is 0. The number of hydrogen-bond donors (Lipinski definition) is 0. The van der Waals surface area contributed by atoms with Gasteiger partial charge in [-0.15, -0.1) is 0 Å². The molecule has 0 spiro atoms. The van der Waals surface area contributed by atoms with Crippen LogP contribution in [0.2, 0.25) is 0 Å². The van der Waals surface area contributed by atoms with E-state index < -0.39 is 0 Å². The molecule has 1 aromatic rings. The predicted molar refractivity (Wildman–Crippen MR) is 42.4 cm³/mol. The van der Waals surface area contributed by atoms with Crippen molar-refractivity contribution in [1.29, 1.82) is 0 Å². The van der Waals surface area contributed by atoms with Crippen LogP contribution in [0, 0.1) is 0 Å². The number of aromatic nitrogens is 2. The first-order valence-corrected chi connectivity index (χ1v) is 4.03. The molecule has 0 atom stereocenters. The average Bonchev–Trinajstić information content (AvgIpc) is 2.30. The summed E-state index contributed by atoms with van der Waals surface area (Å²) in [6.07, 6.45) is 0. The maximum absolute atomic E-state index is 5.01. The molecule has 0 fully saturated rings. The van der Waals surface area contributed by atoms with E-state index in [4.69, 9.17) is 4.74 Å². The zero-order chi connectivity index (χ0) is 7.56. The van der Waals surface area contributed by atoms with Gasteiger partial charge >= 0.3 is 0 Å². The lowest BCUT2D eigenvalue weighted by molar-refractivity contribution is 0.373. The highest BCUT2D eigenvalue weighted by Crippen LogP contribution is 2.12. The number of alkyl halides is 1. The van der Waals surface area contributed by atoms with Crippen LogP contribution in [-0.4, -0.2) is 16.9 Å². The zero-order valence-electron chi connectivity index (χ0n) is 5.97. The second-order valence-corrected chi connectivity index (χ2v) is 2.50. The van der Waals surface area contributed by atoms with E-state index in [2.05, 4.69) is 21.0 Å². The smallest absolute Gasteiger partial charge is 0.211 e. The van der Waals surface area contributed by atoms with Crippen molar-refractivity contribution in [3.63, 3.8) is 0 Å². The van der Waals surface area contributed by atoms with Crippen LogP contribution in [0.25, 0.3) is 0 Å². The lowest BCUT2D eigenvalue weighted by Gasteiger charge is -1.95. The summed E-state index contributed by atoms with van der Waals surface area (Å²) in [7, 11) is 3.49. The second kappa shape index (κ2) is 3.05. The maximum Gasteiger partial charge on any atom is 0.211 e. The van der Waals surface area contributed by atoms with Crippen molar-refractivity contribution in [3.05, 3.63) is 11.8 Å². The van der Waals surface area contributed by atoms with Gasteiger partial charge in [0, 0.05) is 18.4 Å². The summed E-state index contributed by atoms with van der Waals surface area (Å²) >= 11 is 3.30. The summed E-state index contributed by atoms with van der Waals surface area (Å²) in [4.78, 5) is 0. The van der Waals surface area contributed by atoms with Crippen LogP contribution in [0.1, 0.15) is 5.69 Å². The summed E-state index contributed by atoms with van der Waals surface area (Å²) in [6, 6.07) is 1.90. The van der Waals surface area contributed by atoms with Crippen LogP contribution in [0.3, 0.4) is 0 Å². The van der Waals surface area contributed by atoms with Crippen molar-refractivity contribution in [1.82, 2.24) is 9.78 Å². The molecule has 0 aliphatic rings. The Morgan fingerprint density at radius 2 is 2.50 bits per heavy atom. The molecule has 1 heterocycles. The highest BCUT2D eigenvalue weighted by atomic mass is 79.9. The van der Waals surface area contributed by atoms with E-state index in [-0.39, 0.29) is 0 Å². The molecule has 10 heavy (non-hydrogen) atoms. The molecule has 0 radical (unpaired) electrons. The van der Waals surface area contributed by atoms with E-state index in [0.717, 1.165) is 16.9 Å². The maximum atomic E-state index is 5.01. The van der Waals surface area contributed by atoms with E-state index in [9.17, 15) is 0 Å². The molecule has 3 nitrogen and oxygen atoms in total. The molecule has 0 bridgehead atoms. The standard InChI is InChI=1S/C6H9BrN2O/c1-9-6(10-2)3-5(4-7)8-9/h3H,4H2,1-2H3. The molecule has 0 amide bonds. The van der Waals surface area contributed by atoms with Gasteiger partial charge in [0.15, 0.2) is 0 Å². The molecule has 0 saturated carbocycles. The van der Waals surface area contributed by atoms with Crippen molar-refractivity contribution in [2.24, 2.45) is 7.05 Å². The quantitative estimate of drug-likeness (QED) is 0.681. The van der Waals surface area contributed by atoms with Crippen molar-refractivity contribution in [2.75, 3.05) is 7.11 Å². The van der Waals surface area contributed by atoms with Gasteiger partial charge in [0.25, 0.3) is 0 Å². The second-order valence-electron chi connectivity index (χ2n) is 1.94. The van der Waals surface area contributed by atoms with Crippen molar-refractivity contribution in [2.45, 2.75) is 5.33 Å². The first-order valence-electron chi connectivity index (χ1n) is 2.90. The molecule has 4 heteroatoms. The molecule has 0 aliphatic heterocycles. The minimum Gasteiger partial charge on any atom is -0.481 e. The molecular formula is C6H9BrN2O. The molecule has 1 rings (SSSR count). The Morgan fingerprint density at radius 1 is 1.80 bits per heavy atom. The molecule has 0 aromatic carbocycles. The first kappa shape index (κ1) is 7.60. The highest BCUT2D eigenvalue weighted by molar-refractivity contribution is 9.08. The average molecular weight is 205 g/mol. The van der Waals surface area contributed by atoms with Crippen LogP contribution in [0.5, 0.6) is 5.88 Å². The molecule has 0 saturated heterocycles. The third-order valence-corrected chi connectivity index (χ3v) is 1.81. The predicted octanol–water partition coefficient (Wildman–Crippen LogP) is 1.32. The topological polar surface area (TPSA) is 27.1 Å². The lowest BCUT2D eigenvalue weighted by atomic mass is 10.5. The van der Waals surface area contributed by atoms with Crippen LogP contribution >= 0.6 is 15.9 Å². The van der Waals surface area contributed by atoms with Gasteiger partial charge in [-0.1, -0.05) is 15.9 Å². The van der Waals surface area contributed by atoms with E-state index in [1.54, 1.807) is 11.8 Å². The van der Waals surface area contributed by atoms with Crippen LogP contribution in [0.15, 0.2) is 6.07 Å². The molecule has 0 aliphatic carbocycles. The minimum absolute atomic E-state index is 0.768.